The first-order chi connectivity index (χ1) is 8.71. The molecule has 2 nitrogen and oxygen atoms in total. The van der Waals surface area contributed by atoms with Gasteiger partial charge in [0.25, 0.3) is 0 Å². The van der Waals surface area contributed by atoms with E-state index in [1.807, 2.05) is 60.7 Å². The van der Waals surface area contributed by atoms with E-state index in [0.717, 1.165) is 11.1 Å². The Labute approximate surface area is 125 Å². The van der Waals surface area contributed by atoms with E-state index in [9.17, 15) is 9.90 Å². The first-order valence-corrected chi connectivity index (χ1v) is 6.58. The van der Waals surface area contributed by atoms with Crippen LogP contribution in [0.1, 0.15) is 11.1 Å². The van der Waals surface area contributed by atoms with Gasteiger partial charge in [-0.15, -0.1) is 9.24 Å². The zero-order valence-electron chi connectivity index (χ0n) is 10.2. The Morgan fingerprint density at radius 2 is 1.32 bits per heavy atom. The predicted molar refractivity (Wildman–Crippen MR) is 75.9 cm³/mol. The molecule has 0 saturated heterocycles. The third-order valence-corrected chi connectivity index (χ3v) is 3.82. The summed E-state index contributed by atoms with van der Waals surface area (Å²) in [4.78, 5) is 11.8. The van der Waals surface area contributed by atoms with E-state index in [4.69, 9.17) is 0 Å². The van der Waals surface area contributed by atoms with Crippen molar-refractivity contribution in [1.82, 2.24) is 0 Å². The topological polar surface area (TPSA) is 37.3 Å². The smallest absolute Gasteiger partial charge is 0.480 e. The minimum Gasteiger partial charge on any atom is -0.480 e. The van der Waals surface area contributed by atoms with Crippen molar-refractivity contribution in [2.24, 2.45) is 0 Å². The van der Waals surface area contributed by atoms with Gasteiger partial charge in [-0.3, -0.25) is 4.79 Å². The standard InChI is InChI=1S/C15H15O2P.Ni/c16-14(17)15(11-18,12-7-3-1-4-8-12)13-9-5-2-6-10-13;/h1-10H,11,18H2,(H,16,17);/q;+2. The Kier molecular flexibility index (Phi) is 5.72. The van der Waals surface area contributed by atoms with Crippen molar-refractivity contribution >= 4 is 15.2 Å². The van der Waals surface area contributed by atoms with Gasteiger partial charge in [-0.2, -0.15) is 0 Å². The number of carboxylic acid groups (broad SMARTS) is 1. The minimum atomic E-state index is -0.993. The van der Waals surface area contributed by atoms with E-state index < -0.39 is 11.4 Å². The van der Waals surface area contributed by atoms with Crippen LogP contribution in [0.3, 0.4) is 0 Å². The molecule has 0 saturated carbocycles. The molecule has 2 aromatic rings. The molecule has 0 amide bonds. The van der Waals surface area contributed by atoms with Crippen LogP contribution in [0.15, 0.2) is 60.7 Å². The normalized spacial score (nSPS) is 10.6. The summed E-state index contributed by atoms with van der Waals surface area (Å²) in [6.07, 6.45) is 0.441. The number of carboxylic acids is 1. The Bertz CT molecular complexity index is 489. The Hall–Kier alpha value is -1.17. The van der Waals surface area contributed by atoms with Gasteiger partial charge in [0.15, 0.2) is 0 Å². The first-order valence-electron chi connectivity index (χ1n) is 5.76. The number of benzene rings is 2. The molecule has 0 bridgehead atoms. The molecule has 2 rings (SSSR count). The zero-order chi connectivity index (χ0) is 13.0. The van der Waals surface area contributed by atoms with Crippen molar-refractivity contribution in [1.29, 1.82) is 0 Å². The van der Waals surface area contributed by atoms with Gasteiger partial charge in [-0.05, 0) is 17.3 Å². The first kappa shape index (κ1) is 15.9. The largest absolute Gasteiger partial charge is 2.00 e. The van der Waals surface area contributed by atoms with Crippen LogP contribution in [0.25, 0.3) is 0 Å². The van der Waals surface area contributed by atoms with Crippen molar-refractivity contribution in [3.05, 3.63) is 71.8 Å². The van der Waals surface area contributed by atoms with Crippen LogP contribution in [0.2, 0.25) is 0 Å². The van der Waals surface area contributed by atoms with Crippen LogP contribution in [0, 0.1) is 0 Å². The fourth-order valence-electron chi connectivity index (χ4n) is 2.18. The maximum absolute atomic E-state index is 11.8. The average molecular weight is 317 g/mol. The summed E-state index contributed by atoms with van der Waals surface area (Å²) in [5.74, 6) is -0.824. The van der Waals surface area contributed by atoms with Crippen LogP contribution >= 0.6 is 9.24 Å². The second-order valence-corrected chi connectivity index (χ2v) is 4.55. The molecule has 0 aliphatic rings. The van der Waals surface area contributed by atoms with Gasteiger partial charge in [-0.25, -0.2) is 0 Å². The van der Waals surface area contributed by atoms with Gasteiger partial charge < -0.3 is 5.11 Å². The van der Waals surface area contributed by atoms with Crippen molar-refractivity contribution in [3.63, 3.8) is 0 Å². The number of carbonyl (C=O) groups is 1. The number of aliphatic carboxylic acids is 1. The summed E-state index contributed by atoms with van der Waals surface area (Å²) in [6, 6.07) is 18.7. The summed E-state index contributed by atoms with van der Waals surface area (Å²) in [6.45, 7) is 0. The van der Waals surface area contributed by atoms with Gasteiger partial charge in [0.1, 0.15) is 5.41 Å². The van der Waals surface area contributed by atoms with E-state index >= 15 is 0 Å². The molecule has 4 heteroatoms. The fraction of sp³-hybridized carbons (Fsp3) is 0.133. The Morgan fingerprint density at radius 3 is 1.58 bits per heavy atom. The number of rotatable bonds is 4. The maximum Gasteiger partial charge on any atom is 2.00 e. The van der Waals surface area contributed by atoms with Crippen LogP contribution in [-0.2, 0) is 26.7 Å². The minimum absolute atomic E-state index is 0. The van der Waals surface area contributed by atoms with Crippen molar-refractivity contribution in [2.75, 3.05) is 6.16 Å². The number of hydrogen-bond donors (Lipinski definition) is 1. The van der Waals surface area contributed by atoms with E-state index in [1.54, 1.807) is 0 Å². The maximum atomic E-state index is 11.8. The monoisotopic (exact) mass is 316 g/mol. The molecule has 100 valence electrons. The van der Waals surface area contributed by atoms with E-state index in [2.05, 4.69) is 9.24 Å². The van der Waals surface area contributed by atoms with Crippen LogP contribution in [-0.4, -0.2) is 17.2 Å². The zero-order valence-corrected chi connectivity index (χ0v) is 12.4. The molecule has 1 atom stereocenters. The van der Waals surface area contributed by atoms with E-state index in [-0.39, 0.29) is 16.5 Å². The van der Waals surface area contributed by atoms with Crippen molar-refractivity contribution in [2.45, 2.75) is 5.41 Å². The quantitative estimate of drug-likeness (QED) is 0.695. The fourth-order valence-corrected chi connectivity index (χ4v) is 2.83. The predicted octanol–water partition coefficient (Wildman–Crippen LogP) is 2.93. The van der Waals surface area contributed by atoms with E-state index in [0.29, 0.717) is 6.16 Å². The van der Waals surface area contributed by atoms with Crippen molar-refractivity contribution in [3.8, 4) is 0 Å². The molecule has 0 radical (unpaired) electrons. The number of hydrogen-bond acceptors (Lipinski definition) is 1. The molecule has 1 N–H and O–H groups in total. The molecule has 0 aromatic heterocycles. The van der Waals surface area contributed by atoms with E-state index in [1.165, 1.54) is 0 Å². The van der Waals surface area contributed by atoms with Gasteiger partial charge in [0, 0.05) is 0 Å². The van der Waals surface area contributed by atoms with Crippen molar-refractivity contribution < 1.29 is 26.4 Å². The summed E-state index contributed by atoms with van der Waals surface area (Å²) in [5.41, 5.74) is 0.616. The Balaban J connectivity index is 0.00000180. The van der Waals surface area contributed by atoms with Crippen LogP contribution in [0.4, 0.5) is 0 Å². The second kappa shape index (κ2) is 6.84. The molecule has 0 spiro atoms. The Morgan fingerprint density at radius 1 is 0.947 bits per heavy atom. The third kappa shape index (κ3) is 2.88. The van der Waals surface area contributed by atoms with Gasteiger partial charge in [0.2, 0.25) is 0 Å². The van der Waals surface area contributed by atoms with Gasteiger partial charge in [0.05, 0.1) is 0 Å². The molecule has 0 heterocycles. The molecule has 0 fully saturated rings. The molecule has 19 heavy (non-hydrogen) atoms. The summed E-state index contributed by atoms with van der Waals surface area (Å²) in [5, 5.41) is 9.72. The summed E-state index contributed by atoms with van der Waals surface area (Å²) in [7, 11) is 2.56. The second-order valence-electron chi connectivity index (χ2n) is 4.15. The molecule has 0 aliphatic carbocycles. The van der Waals surface area contributed by atoms with Crippen LogP contribution < -0.4 is 0 Å². The summed E-state index contributed by atoms with van der Waals surface area (Å²) >= 11 is 0. The molecule has 2 aromatic carbocycles. The van der Waals surface area contributed by atoms with Crippen LogP contribution in [0.5, 0.6) is 0 Å². The molecule has 1 unspecified atom stereocenters. The SMILES string of the molecule is O=C(O)C(CP)(c1ccccc1)c1ccccc1.[Ni+2]. The molecular weight excluding hydrogens is 302 g/mol. The van der Waals surface area contributed by atoms with Gasteiger partial charge >= 0.3 is 22.5 Å². The summed E-state index contributed by atoms with van der Waals surface area (Å²) < 4.78 is 0. The average Bonchev–Trinajstić information content (AvgIpc) is 2.42. The molecule has 0 aliphatic heterocycles. The molecular formula is C15H15NiO2P+2. The van der Waals surface area contributed by atoms with Gasteiger partial charge in [-0.1, -0.05) is 60.7 Å². The third-order valence-electron chi connectivity index (χ3n) is 3.20.